The summed E-state index contributed by atoms with van der Waals surface area (Å²) in [5.41, 5.74) is 8.35. The van der Waals surface area contributed by atoms with Crippen LogP contribution in [-0.2, 0) is 16.1 Å². The summed E-state index contributed by atoms with van der Waals surface area (Å²) in [5.74, 6) is -0.603. The van der Waals surface area contributed by atoms with E-state index >= 15 is 0 Å². The number of carbonyl (C=O) groups is 2. The number of fused-ring (bicyclic) bond motifs is 3. The van der Waals surface area contributed by atoms with Crippen LogP contribution < -0.4 is 11.1 Å². The molecule has 2 amide bonds. The van der Waals surface area contributed by atoms with Crippen LogP contribution >= 0.6 is 0 Å². The van der Waals surface area contributed by atoms with Crippen molar-refractivity contribution in [3.63, 3.8) is 0 Å². The number of aryl methyl sites for hydroxylation is 1. The lowest BCUT2D eigenvalue weighted by atomic mass is 10.1. The third-order valence-corrected chi connectivity index (χ3v) is 4.81. The number of carbonyl (C=O) groups excluding carboxylic acids is 2. The van der Waals surface area contributed by atoms with Gasteiger partial charge in [-0.1, -0.05) is 18.2 Å². The predicted molar refractivity (Wildman–Crippen MR) is 110 cm³/mol. The minimum atomic E-state index is -0.440. The Kier molecular flexibility index (Phi) is 5.46. The second kappa shape index (κ2) is 7.80. The van der Waals surface area contributed by atoms with Crippen molar-refractivity contribution in [3.05, 3.63) is 42.5 Å². The number of nitrogens with zero attached hydrogens (tertiary/aromatic N) is 2. The number of rotatable bonds is 7. The Balaban J connectivity index is 1.86. The van der Waals surface area contributed by atoms with Gasteiger partial charge in [0.1, 0.15) is 0 Å². The molecule has 2 aromatic carbocycles. The molecule has 0 saturated heterocycles. The Labute approximate surface area is 158 Å². The van der Waals surface area contributed by atoms with Crippen molar-refractivity contribution in [3.8, 4) is 0 Å². The lowest BCUT2D eigenvalue weighted by Gasteiger charge is -2.24. The summed E-state index contributed by atoms with van der Waals surface area (Å²) >= 11 is 0. The lowest BCUT2D eigenvalue weighted by Crippen LogP contribution is -2.43. The summed E-state index contributed by atoms with van der Waals surface area (Å²) in [4.78, 5) is 25.4. The van der Waals surface area contributed by atoms with Crippen LogP contribution in [0.3, 0.4) is 0 Å². The van der Waals surface area contributed by atoms with Gasteiger partial charge in [0.05, 0.1) is 13.1 Å². The quantitative estimate of drug-likeness (QED) is 0.675. The molecule has 142 valence electrons. The number of aromatic nitrogens is 1. The monoisotopic (exact) mass is 366 g/mol. The van der Waals surface area contributed by atoms with E-state index in [0.29, 0.717) is 0 Å². The van der Waals surface area contributed by atoms with Crippen molar-refractivity contribution in [2.45, 2.75) is 33.4 Å². The van der Waals surface area contributed by atoms with Crippen molar-refractivity contribution < 1.29 is 9.59 Å². The molecule has 0 saturated carbocycles. The minimum Gasteiger partial charge on any atom is -0.369 e. The summed E-state index contributed by atoms with van der Waals surface area (Å²) in [6, 6.07) is 14.3. The van der Waals surface area contributed by atoms with Gasteiger partial charge in [-0.2, -0.15) is 0 Å². The van der Waals surface area contributed by atoms with Gasteiger partial charge in [0.15, 0.2) is 0 Å². The highest BCUT2D eigenvalue weighted by molar-refractivity contribution is 6.09. The van der Waals surface area contributed by atoms with Gasteiger partial charge < -0.3 is 15.6 Å². The highest BCUT2D eigenvalue weighted by Gasteiger charge is 2.17. The molecule has 0 aliphatic heterocycles. The molecule has 1 heterocycles. The minimum absolute atomic E-state index is 0.0493. The number of hydrogen-bond donors (Lipinski definition) is 2. The van der Waals surface area contributed by atoms with Gasteiger partial charge in [-0.3, -0.25) is 14.5 Å². The van der Waals surface area contributed by atoms with Crippen LogP contribution in [0.1, 0.15) is 20.8 Å². The largest absolute Gasteiger partial charge is 0.369 e. The van der Waals surface area contributed by atoms with E-state index in [9.17, 15) is 9.59 Å². The third kappa shape index (κ3) is 3.95. The second-order valence-electron chi connectivity index (χ2n) is 7.01. The second-order valence-corrected chi connectivity index (χ2v) is 7.01. The van der Waals surface area contributed by atoms with Gasteiger partial charge in [-0.05, 0) is 45.0 Å². The first-order chi connectivity index (χ1) is 12.9. The van der Waals surface area contributed by atoms with Crippen LogP contribution in [0, 0.1) is 0 Å². The molecular weight excluding hydrogens is 340 g/mol. The fraction of sp³-hybridized carbons (Fsp3) is 0.333. The first-order valence-corrected chi connectivity index (χ1v) is 9.24. The number of nitrogens with one attached hydrogen (secondary N) is 1. The average Bonchev–Trinajstić information content (AvgIpc) is 2.93. The normalized spacial score (nSPS) is 11.6. The van der Waals surface area contributed by atoms with Gasteiger partial charge in [0, 0.05) is 40.1 Å². The zero-order valence-electron chi connectivity index (χ0n) is 16.0. The van der Waals surface area contributed by atoms with Gasteiger partial charge in [-0.15, -0.1) is 0 Å². The Hall–Kier alpha value is -2.86. The van der Waals surface area contributed by atoms with Crippen LogP contribution in [0.5, 0.6) is 0 Å². The molecule has 6 nitrogen and oxygen atoms in total. The molecule has 3 aromatic rings. The SMILES string of the molecule is CCn1c2ccccc2c2cc(NC(=O)CN(CC(N)=O)C(C)C)ccc21. The standard InChI is InChI=1S/C21H26N4O2/c1-4-25-18-8-6-5-7-16(18)17-11-15(9-10-19(17)25)23-21(27)13-24(14(2)3)12-20(22)26/h5-11,14H,4,12-13H2,1-3H3,(H2,22,26)(H,23,27). The molecule has 0 fully saturated rings. The summed E-state index contributed by atoms with van der Waals surface area (Å²) < 4.78 is 2.27. The lowest BCUT2D eigenvalue weighted by molar-refractivity contribution is -0.121. The number of para-hydroxylation sites is 1. The number of benzene rings is 2. The molecule has 27 heavy (non-hydrogen) atoms. The van der Waals surface area contributed by atoms with Crippen LogP contribution in [-0.4, -0.2) is 40.4 Å². The molecule has 1 aromatic heterocycles. The number of amides is 2. The first-order valence-electron chi connectivity index (χ1n) is 9.24. The van der Waals surface area contributed by atoms with Gasteiger partial charge in [-0.25, -0.2) is 0 Å². The fourth-order valence-electron chi connectivity index (χ4n) is 3.48. The molecule has 0 aliphatic rings. The highest BCUT2D eigenvalue weighted by Crippen LogP contribution is 2.30. The molecular formula is C21H26N4O2. The molecule has 3 rings (SSSR count). The van der Waals surface area contributed by atoms with Crippen molar-refractivity contribution >= 4 is 39.3 Å². The Morgan fingerprint density at radius 3 is 2.44 bits per heavy atom. The summed E-state index contributed by atoms with van der Waals surface area (Å²) in [7, 11) is 0. The molecule has 0 radical (unpaired) electrons. The van der Waals surface area contributed by atoms with E-state index < -0.39 is 5.91 Å². The zero-order valence-corrected chi connectivity index (χ0v) is 16.0. The van der Waals surface area contributed by atoms with Crippen molar-refractivity contribution in [2.24, 2.45) is 5.73 Å². The maximum Gasteiger partial charge on any atom is 0.238 e. The summed E-state index contributed by atoms with van der Waals surface area (Å²) in [6.07, 6.45) is 0. The van der Waals surface area contributed by atoms with E-state index in [2.05, 4.69) is 28.9 Å². The number of anilines is 1. The van der Waals surface area contributed by atoms with Crippen molar-refractivity contribution in [2.75, 3.05) is 18.4 Å². The highest BCUT2D eigenvalue weighted by atomic mass is 16.2. The molecule has 6 heteroatoms. The predicted octanol–water partition coefficient (Wildman–Crippen LogP) is 2.95. The number of hydrogen-bond acceptors (Lipinski definition) is 3. The number of nitrogens with two attached hydrogens (primary N) is 1. The molecule has 0 unspecified atom stereocenters. The number of primary amides is 1. The molecule has 0 bridgehead atoms. The summed E-state index contributed by atoms with van der Waals surface area (Å²) in [6.45, 7) is 7.06. The molecule has 0 spiro atoms. The smallest absolute Gasteiger partial charge is 0.238 e. The molecule has 0 atom stereocenters. The third-order valence-electron chi connectivity index (χ3n) is 4.81. The van der Waals surface area contributed by atoms with E-state index in [1.807, 2.05) is 44.2 Å². The molecule has 3 N–H and O–H groups in total. The van der Waals surface area contributed by atoms with Crippen LogP contribution in [0.25, 0.3) is 21.8 Å². The van der Waals surface area contributed by atoms with Crippen LogP contribution in [0.4, 0.5) is 5.69 Å². The van der Waals surface area contributed by atoms with Crippen molar-refractivity contribution in [1.82, 2.24) is 9.47 Å². The Bertz CT molecular complexity index is 990. The van der Waals surface area contributed by atoms with E-state index in [1.54, 1.807) is 4.90 Å². The topological polar surface area (TPSA) is 80.4 Å². The molecule has 0 aliphatic carbocycles. The maximum absolute atomic E-state index is 12.5. The van der Waals surface area contributed by atoms with Crippen LogP contribution in [0.2, 0.25) is 0 Å². The van der Waals surface area contributed by atoms with E-state index in [1.165, 1.54) is 10.9 Å². The Morgan fingerprint density at radius 2 is 1.78 bits per heavy atom. The van der Waals surface area contributed by atoms with Crippen LogP contribution in [0.15, 0.2) is 42.5 Å². The van der Waals surface area contributed by atoms with E-state index in [-0.39, 0.29) is 25.0 Å². The zero-order chi connectivity index (χ0) is 19.6. The van der Waals surface area contributed by atoms with E-state index in [0.717, 1.165) is 23.1 Å². The van der Waals surface area contributed by atoms with Gasteiger partial charge >= 0.3 is 0 Å². The Morgan fingerprint density at radius 1 is 1.07 bits per heavy atom. The van der Waals surface area contributed by atoms with Gasteiger partial charge in [0.25, 0.3) is 0 Å². The maximum atomic E-state index is 12.5. The fourth-order valence-corrected chi connectivity index (χ4v) is 3.48. The van der Waals surface area contributed by atoms with Gasteiger partial charge in [0.2, 0.25) is 11.8 Å². The first kappa shape index (κ1) is 18.9. The summed E-state index contributed by atoms with van der Waals surface area (Å²) in [5, 5.41) is 5.23. The average molecular weight is 366 g/mol. The van der Waals surface area contributed by atoms with E-state index in [4.69, 9.17) is 5.73 Å². The van der Waals surface area contributed by atoms with Crippen molar-refractivity contribution in [1.29, 1.82) is 0 Å².